The third kappa shape index (κ3) is 3.53. The largest absolute Gasteiger partial charge is 0.334 e. The van der Waals surface area contributed by atoms with Crippen molar-refractivity contribution in [2.75, 3.05) is 4.90 Å². The van der Waals surface area contributed by atoms with Crippen molar-refractivity contribution < 1.29 is 0 Å². The van der Waals surface area contributed by atoms with Crippen molar-refractivity contribution in [3.05, 3.63) is 127 Å². The lowest BCUT2D eigenvalue weighted by molar-refractivity contribution is 0.195. The van der Waals surface area contributed by atoms with Crippen LogP contribution in [0, 0.1) is 0 Å². The molecule has 1 aliphatic carbocycles. The van der Waals surface area contributed by atoms with E-state index in [0.29, 0.717) is 0 Å². The fourth-order valence-corrected chi connectivity index (χ4v) is 7.90. The third-order valence-corrected chi connectivity index (χ3v) is 10.2. The van der Waals surface area contributed by atoms with E-state index >= 15 is 0 Å². The summed E-state index contributed by atoms with van der Waals surface area (Å²) in [5, 5.41) is 4.98. The van der Waals surface area contributed by atoms with E-state index in [4.69, 9.17) is 4.98 Å². The maximum atomic E-state index is 5.35. The number of benzene rings is 5. The zero-order valence-corrected chi connectivity index (χ0v) is 23.8. The zero-order valence-electron chi connectivity index (χ0n) is 23.8. The molecule has 0 amide bonds. The summed E-state index contributed by atoms with van der Waals surface area (Å²) in [6.45, 7) is 4.99. The Kier molecular flexibility index (Phi) is 5.37. The van der Waals surface area contributed by atoms with Crippen LogP contribution in [0.1, 0.15) is 45.1 Å². The Morgan fingerprint density at radius 3 is 2.02 bits per heavy atom. The standard InChI is InChI=1S/C39H34N2/c1-38-23-10-11-24-39(38,2)41(30-15-4-3-5-16-30)36-22-21-29(26-33(36)38)34-19-12-20-35(40-34)37-31-17-8-6-13-27(31)25-28-14-7-9-18-32(28)37/h3-9,12-22,25-26H,10-11,23-24H2,1-2H3. The normalized spacial score (nSPS) is 21.7. The summed E-state index contributed by atoms with van der Waals surface area (Å²) >= 11 is 0. The molecule has 6 aromatic rings. The molecule has 2 atom stereocenters. The minimum Gasteiger partial charge on any atom is -0.334 e. The van der Waals surface area contributed by atoms with Gasteiger partial charge in [0.1, 0.15) is 0 Å². The van der Waals surface area contributed by atoms with Gasteiger partial charge < -0.3 is 4.90 Å². The van der Waals surface area contributed by atoms with E-state index in [0.717, 1.165) is 11.4 Å². The monoisotopic (exact) mass is 530 g/mol. The van der Waals surface area contributed by atoms with Gasteiger partial charge in [0.05, 0.1) is 16.9 Å². The molecule has 41 heavy (non-hydrogen) atoms. The quantitative estimate of drug-likeness (QED) is 0.212. The molecule has 0 bridgehead atoms. The number of rotatable bonds is 3. The topological polar surface area (TPSA) is 16.1 Å². The van der Waals surface area contributed by atoms with Crippen molar-refractivity contribution in [3.63, 3.8) is 0 Å². The highest BCUT2D eigenvalue weighted by Gasteiger charge is 2.57. The molecule has 0 N–H and O–H groups in total. The first-order valence-electron chi connectivity index (χ1n) is 14.9. The van der Waals surface area contributed by atoms with E-state index in [1.807, 2.05) is 0 Å². The average Bonchev–Trinajstić information content (AvgIpc) is 3.23. The lowest BCUT2D eigenvalue weighted by Crippen LogP contribution is -2.54. The molecule has 1 saturated carbocycles. The first-order chi connectivity index (χ1) is 20.1. The average molecular weight is 531 g/mol. The van der Waals surface area contributed by atoms with E-state index in [1.165, 1.54) is 75.3 Å². The Labute approximate surface area is 242 Å². The molecular formula is C39H34N2. The van der Waals surface area contributed by atoms with Crippen LogP contribution in [-0.4, -0.2) is 10.5 Å². The molecule has 1 aliphatic heterocycles. The number of hydrogen-bond donors (Lipinski definition) is 0. The van der Waals surface area contributed by atoms with Gasteiger partial charge in [-0.25, -0.2) is 4.98 Å². The molecule has 0 radical (unpaired) electrons. The molecule has 1 aromatic heterocycles. The van der Waals surface area contributed by atoms with Crippen molar-refractivity contribution >= 4 is 32.9 Å². The van der Waals surface area contributed by atoms with Gasteiger partial charge in [0, 0.05) is 27.9 Å². The van der Waals surface area contributed by atoms with Crippen molar-refractivity contribution in [2.24, 2.45) is 0 Å². The Balaban J connectivity index is 1.30. The number of hydrogen-bond acceptors (Lipinski definition) is 2. The second kappa shape index (κ2) is 9.04. The van der Waals surface area contributed by atoms with E-state index in [9.17, 15) is 0 Å². The lowest BCUT2D eigenvalue weighted by atomic mass is 9.61. The molecule has 200 valence electrons. The first kappa shape index (κ1) is 24.4. The Morgan fingerprint density at radius 2 is 1.27 bits per heavy atom. The molecule has 8 rings (SSSR count). The minimum atomic E-state index is 0.0463. The summed E-state index contributed by atoms with van der Waals surface area (Å²) in [5.41, 5.74) is 8.69. The zero-order chi connectivity index (χ0) is 27.6. The van der Waals surface area contributed by atoms with Gasteiger partial charge in [-0.2, -0.15) is 0 Å². The third-order valence-electron chi connectivity index (χ3n) is 10.2. The van der Waals surface area contributed by atoms with Gasteiger partial charge >= 0.3 is 0 Å². The van der Waals surface area contributed by atoms with Crippen LogP contribution in [0.25, 0.3) is 44.1 Å². The van der Waals surface area contributed by atoms with Gasteiger partial charge in [-0.1, -0.05) is 98.6 Å². The van der Waals surface area contributed by atoms with E-state index in [-0.39, 0.29) is 11.0 Å². The van der Waals surface area contributed by atoms with Crippen molar-refractivity contribution in [2.45, 2.75) is 50.5 Å². The van der Waals surface area contributed by atoms with Crippen LogP contribution in [0.5, 0.6) is 0 Å². The smallest absolute Gasteiger partial charge is 0.0722 e. The molecule has 2 heterocycles. The van der Waals surface area contributed by atoms with Crippen LogP contribution in [0.15, 0.2) is 121 Å². The molecule has 2 aliphatic rings. The molecule has 0 saturated heterocycles. The fraction of sp³-hybridized carbons (Fsp3) is 0.205. The highest BCUT2D eigenvalue weighted by molar-refractivity contribution is 6.12. The second-order valence-electron chi connectivity index (χ2n) is 12.3. The summed E-state index contributed by atoms with van der Waals surface area (Å²) in [6, 6.07) is 44.2. The van der Waals surface area contributed by atoms with E-state index in [2.05, 4.69) is 140 Å². The second-order valence-corrected chi connectivity index (χ2v) is 12.3. The summed E-state index contributed by atoms with van der Waals surface area (Å²) in [4.78, 5) is 7.98. The molecule has 1 fully saturated rings. The molecule has 2 unspecified atom stereocenters. The summed E-state index contributed by atoms with van der Waals surface area (Å²) < 4.78 is 0. The molecule has 2 heteroatoms. The molecule has 5 aromatic carbocycles. The Bertz CT molecular complexity index is 1890. The van der Waals surface area contributed by atoms with Crippen LogP contribution in [0.2, 0.25) is 0 Å². The van der Waals surface area contributed by atoms with Gasteiger partial charge in [0.25, 0.3) is 0 Å². The number of pyridine rings is 1. The van der Waals surface area contributed by atoms with E-state index < -0.39 is 0 Å². The van der Waals surface area contributed by atoms with Crippen LogP contribution >= 0.6 is 0 Å². The number of anilines is 2. The van der Waals surface area contributed by atoms with Crippen molar-refractivity contribution in [1.82, 2.24) is 4.98 Å². The number of fused-ring (bicyclic) bond motifs is 5. The molecule has 0 spiro atoms. The maximum absolute atomic E-state index is 5.35. The van der Waals surface area contributed by atoms with Gasteiger partial charge in [-0.3, -0.25) is 0 Å². The first-order valence-corrected chi connectivity index (χ1v) is 14.9. The number of aromatic nitrogens is 1. The predicted molar refractivity (Wildman–Crippen MR) is 173 cm³/mol. The van der Waals surface area contributed by atoms with Crippen LogP contribution in [0.3, 0.4) is 0 Å². The van der Waals surface area contributed by atoms with Crippen LogP contribution < -0.4 is 4.90 Å². The maximum Gasteiger partial charge on any atom is 0.0722 e. The van der Waals surface area contributed by atoms with E-state index in [1.54, 1.807) is 0 Å². The Morgan fingerprint density at radius 1 is 0.610 bits per heavy atom. The van der Waals surface area contributed by atoms with Crippen LogP contribution in [0.4, 0.5) is 11.4 Å². The van der Waals surface area contributed by atoms with Gasteiger partial charge in [0.2, 0.25) is 0 Å². The van der Waals surface area contributed by atoms with Crippen LogP contribution in [-0.2, 0) is 5.41 Å². The van der Waals surface area contributed by atoms with Gasteiger partial charge in [-0.15, -0.1) is 0 Å². The molecular weight excluding hydrogens is 496 g/mol. The van der Waals surface area contributed by atoms with Crippen molar-refractivity contribution in [3.8, 4) is 22.5 Å². The van der Waals surface area contributed by atoms with Gasteiger partial charge in [-0.05, 0) is 89.3 Å². The van der Waals surface area contributed by atoms with Crippen molar-refractivity contribution in [1.29, 1.82) is 0 Å². The summed E-state index contributed by atoms with van der Waals surface area (Å²) in [5.74, 6) is 0. The summed E-state index contributed by atoms with van der Waals surface area (Å²) in [7, 11) is 0. The number of para-hydroxylation sites is 1. The summed E-state index contributed by atoms with van der Waals surface area (Å²) in [6.07, 6.45) is 4.96. The van der Waals surface area contributed by atoms with Gasteiger partial charge in [0.15, 0.2) is 0 Å². The predicted octanol–water partition coefficient (Wildman–Crippen LogP) is 10.5. The SMILES string of the molecule is CC12CCCCC1(C)N(c1ccccc1)c1ccc(-c3cccc(-c4c5ccccc5cc5ccccc45)n3)cc12. The highest BCUT2D eigenvalue weighted by atomic mass is 15.3. The minimum absolute atomic E-state index is 0.0463. The number of nitrogens with zero attached hydrogens (tertiary/aromatic N) is 2. The highest BCUT2D eigenvalue weighted by Crippen LogP contribution is 2.61. The fourth-order valence-electron chi connectivity index (χ4n) is 7.90. The Hall–Kier alpha value is -4.43. The molecule has 2 nitrogen and oxygen atoms in total. The lowest BCUT2D eigenvalue weighted by Gasteiger charge is -2.50.